The number of amides is 2. The van der Waals surface area contributed by atoms with Gasteiger partial charge in [-0.3, -0.25) is 14.4 Å². The summed E-state index contributed by atoms with van der Waals surface area (Å²) in [6.07, 6.45) is 0. The summed E-state index contributed by atoms with van der Waals surface area (Å²) in [6, 6.07) is 8.25. The highest BCUT2D eigenvalue weighted by molar-refractivity contribution is 6.30. The lowest BCUT2D eigenvalue weighted by molar-refractivity contribution is -0.123. The monoisotopic (exact) mass is 346 g/mol. The van der Waals surface area contributed by atoms with Gasteiger partial charge >= 0.3 is 0 Å². The molecule has 1 aliphatic heterocycles. The predicted molar refractivity (Wildman–Crippen MR) is 88.5 cm³/mol. The number of nitrogens with one attached hydrogen (secondary N) is 1. The van der Waals surface area contributed by atoms with Gasteiger partial charge in [0, 0.05) is 29.9 Å². The van der Waals surface area contributed by atoms with Gasteiger partial charge in [-0.1, -0.05) is 11.6 Å². The summed E-state index contributed by atoms with van der Waals surface area (Å²) in [7, 11) is 0. The van der Waals surface area contributed by atoms with E-state index in [1.165, 1.54) is 15.6 Å². The molecular formula is C16H15ClN4O3. The molecular weight excluding hydrogens is 332 g/mol. The first-order chi connectivity index (χ1) is 11.5. The van der Waals surface area contributed by atoms with Gasteiger partial charge in [0.25, 0.3) is 5.91 Å². The molecule has 0 aliphatic carbocycles. The molecule has 1 N–H and O–H groups in total. The number of carbonyl (C=O) groups is 2. The van der Waals surface area contributed by atoms with Crippen molar-refractivity contribution in [2.24, 2.45) is 0 Å². The van der Waals surface area contributed by atoms with Gasteiger partial charge in [-0.25, -0.2) is 4.68 Å². The molecule has 124 valence electrons. The zero-order valence-corrected chi connectivity index (χ0v) is 13.7. The summed E-state index contributed by atoms with van der Waals surface area (Å²) in [4.78, 5) is 37.5. The molecule has 0 spiro atoms. The minimum atomic E-state index is -0.544. The highest BCUT2D eigenvalue weighted by Gasteiger charge is 2.26. The summed E-state index contributed by atoms with van der Waals surface area (Å²) in [5.74, 6) is -0.794. The fourth-order valence-corrected chi connectivity index (χ4v) is 2.63. The zero-order chi connectivity index (χ0) is 17.3. The molecule has 1 saturated heterocycles. The van der Waals surface area contributed by atoms with E-state index in [4.69, 9.17) is 11.6 Å². The van der Waals surface area contributed by atoms with Crippen molar-refractivity contribution in [1.82, 2.24) is 20.0 Å². The van der Waals surface area contributed by atoms with Crippen LogP contribution in [0.25, 0.3) is 5.69 Å². The van der Waals surface area contributed by atoms with Crippen LogP contribution in [0.4, 0.5) is 0 Å². The van der Waals surface area contributed by atoms with E-state index >= 15 is 0 Å². The molecule has 0 saturated carbocycles. The van der Waals surface area contributed by atoms with Crippen LogP contribution in [0.5, 0.6) is 0 Å². The van der Waals surface area contributed by atoms with Crippen molar-refractivity contribution in [3.8, 4) is 5.69 Å². The molecule has 2 aromatic rings. The van der Waals surface area contributed by atoms with Gasteiger partial charge in [-0.2, -0.15) is 5.10 Å². The second-order valence-electron chi connectivity index (χ2n) is 5.46. The first-order valence-electron chi connectivity index (χ1n) is 7.38. The fraction of sp³-hybridized carbons (Fsp3) is 0.250. The molecule has 0 atom stereocenters. The summed E-state index contributed by atoms with van der Waals surface area (Å²) in [5.41, 5.74) is 0.608. The van der Waals surface area contributed by atoms with Crippen LogP contribution in [-0.4, -0.2) is 46.1 Å². The van der Waals surface area contributed by atoms with Crippen LogP contribution < -0.4 is 10.7 Å². The molecule has 24 heavy (non-hydrogen) atoms. The standard InChI is InChI=1S/C16H15ClN4O3/c1-10-8-13(22)15(16(24)20-7-6-18-14(23)9-20)19-21(10)12-4-2-11(17)3-5-12/h2-5,8H,6-7,9H2,1H3,(H,18,23). The van der Waals surface area contributed by atoms with Crippen molar-refractivity contribution < 1.29 is 9.59 Å². The SMILES string of the molecule is Cc1cc(=O)c(C(=O)N2CCNC(=O)C2)nn1-c1ccc(Cl)cc1. The molecule has 2 heterocycles. The maximum Gasteiger partial charge on any atom is 0.278 e. The van der Waals surface area contributed by atoms with Gasteiger partial charge in [0.2, 0.25) is 11.3 Å². The third-order valence-corrected chi connectivity index (χ3v) is 3.96. The Balaban J connectivity index is 2.01. The molecule has 7 nitrogen and oxygen atoms in total. The second-order valence-corrected chi connectivity index (χ2v) is 5.90. The number of nitrogens with zero attached hydrogens (tertiary/aromatic N) is 3. The Morgan fingerprint density at radius 1 is 1.25 bits per heavy atom. The molecule has 0 bridgehead atoms. The Labute approximate surface area is 142 Å². The minimum absolute atomic E-state index is 0.0746. The number of rotatable bonds is 2. The quantitative estimate of drug-likeness (QED) is 0.870. The van der Waals surface area contributed by atoms with Crippen molar-refractivity contribution in [2.45, 2.75) is 6.92 Å². The van der Waals surface area contributed by atoms with E-state index in [1.54, 1.807) is 31.2 Å². The maximum atomic E-state index is 12.6. The predicted octanol–water partition coefficient (Wildman–Crippen LogP) is 0.766. The van der Waals surface area contributed by atoms with E-state index in [-0.39, 0.29) is 18.1 Å². The number of benzene rings is 1. The van der Waals surface area contributed by atoms with Gasteiger partial charge in [0.15, 0.2) is 5.69 Å². The smallest absolute Gasteiger partial charge is 0.278 e. The van der Waals surface area contributed by atoms with Gasteiger partial charge in [0.05, 0.1) is 12.2 Å². The molecule has 8 heteroatoms. The Hall–Kier alpha value is -2.67. The van der Waals surface area contributed by atoms with Crippen LogP contribution in [0.2, 0.25) is 5.02 Å². The lowest BCUT2D eigenvalue weighted by atomic mass is 10.2. The van der Waals surface area contributed by atoms with Gasteiger partial charge in [-0.05, 0) is 31.2 Å². The molecule has 3 rings (SSSR count). The van der Waals surface area contributed by atoms with E-state index in [9.17, 15) is 14.4 Å². The van der Waals surface area contributed by atoms with Crippen molar-refractivity contribution in [1.29, 1.82) is 0 Å². The number of carbonyl (C=O) groups excluding carboxylic acids is 2. The first kappa shape index (κ1) is 16.2. The number of halogens is 1. The van der Waals surface area contributed by atoms with Gasteiger partial charge in [-0.15, -0.1) is 0 Å². The van der Waals surface area contributed by atoms with Crippen molar-refractivity contribution >= 4 is 23.4 Å². The number of aryl methyl sites for hydroxylation is 1. The van der Waals surface area contributed by atoms with E-state index in [2.05, 4.69) is 10.4 Å². The summed E-state index contributed by atoms with van der Waals surface area (Å²) >= 11 is 5.88. The molecule has 0 radical (unpaired) electrons. The zero-order valence-electron chi connectivity index (χ0n) is 13.0. The molecule has 1 aromatic carbocycles. The average molecular weight is 347 g/mol. The lowest BCUT2D eigenvalue weighted by Gasteiger charge is -2.26. The largest absolute Gasteiger partial charge is 0.353 e. The number of hydrogen-bond acceptors (Lipinski definition) is 4. The Bertz CT molecular complexity index is 861. The van der Waals surface area contributed by atoms with Crippen LogP contribution in [0.1, 0.15) is 16.2 Å². The van der Waals surface area contributed by atoms with Crippen LogP contribution in [-0.2, 0) is 4.79 Å². The maximum absolute atomic E-state index is 12.6. The van der Waals surface area contributed by atoms with Crippen molar-refractivity contribution in [3.63, 3.8) is 0 Å². The molecule has 1 aliphatic rings. The van der Waals surface area contributed by atoms with Gasteiger partial charge in [0.1, 0.15) is 0 Å². The summed E-state index contributed by atoms with van der Waals surface area (Å²) in [6.45, 7) is 2.36. The highest BCUT2D eigenvalue weighted by Crippen LogP contribution is 2.14. The van der Waals surface area contributed by atoms with Crippen LogP contribution in [0.15, 0.2) is 35.1 Å². The number of aromatic nitrogens is 2. The minimum Gasteiger partial charge on any atom is -0.353 e. The topological polar surface area (TPSA) is 84.3 Å². The van der Waals surface area contributed by atoms with E-state index < -0.39 is 11.3 Å². The van der Waals surface area contributed by atoms with E-state index in [0.29, 0.717) is 29.5 Å². The van der Waals surface area contributed by atoms with Crippen LogP contribution >= 0.6 is 11.6 Å². The van der Waals surface area contributed by atoms with E-state index in [0.717, 1.165) is 0 Å². The molecule has 1 fully saturated rings. The third kappa shape index (κ3) is 3.16. The van der Waals surface area contributed by atoms with Crippen molar-refractivity contribution in [2.75, 3.05) is 19.6 Å². The lowest BCUT2D eigenvalue weighted by Crippen LogP contribution is -2.51. The van der Waals surface area contributed by atoms with Gasteiger partial charge < -0.3 is 10.2 Å². The van der Waals surface area contributed by atoms with Crippen molar-refractivity contribution in [3.05, 3.63) is 57.0 Å². The average Bonchev–Trinajstić information content (AvgIpc) is 2.55. The molecule has 0 unspecified atom stereocenters. The fourth-order valence-electron chi connectivity index (χ4n) is 2.50. The van der Waals surface area contributed by atoms with E-state index in [1.807, 2.05) is 0 Å². The Kier molecular flexibility index (Phi) is 4.35. The summed E-state index contributed by atoms with van der Waals surface area (Å²) < 4.78 is 1.51. The van der Waals surface area contributed by atoms with Crippen LogP contribution in [0.3, 0.4) is 0 Å². The third-order valence-electron chi connectivity index (χ3n) is 3.71. The summed E-state index contributed by atoms with van der Waals surface area (Å²) in [5, 5.41) is 7.42. The normalized spacial score (nSPS) is 14.4. The van der Waals surface area contributed by atoms with Crippen LogP contribution in [0, 0.1) is 6.92 Å². The Morgan fingerprint density at radius 3 is 2.62 bits per heavy atom. The first-order valence-corrected chi connectivity index (χ1v) is 7.76. The molecule has 1 aromatic heterocycles. The number of hydrogen-bond donors (Lipinski definition) is 1. The second kappa shape index (κ2) is 6.45. The number of piperazine rings is 1. The Morgan fingerprint density at radius 2 is 1.96 bits per heavy atom. The highest BCUT2D eigenvalue weighted by atomic mass is 35.5. The molecule has 2 amide bonds.